The first-order valence-electron chi connectivity index (χ1n) is 8.98. The summed E-state index contributed by atoms with van der Waals surface area (Å²) in [4.78, 5) is 14.5. The maximum Gasteiger partial charge on any atom is 0.269 e. The van der Waals surface area contributed by atoms with Crippen LogP contribution < -0.4 is 16.0 Å². The SMILES string of the molecule is CCc1noc(CC)c1CNC(=NC)NCCNc1ccc([N+](=O)[O-])cc1. The minimum absolute atomic E-state index is 0.0786. The summed E-state index contributed by atoms with van der Waals surface area (Å²) in [5.74, 6) is 1.58. The van der Waals surface area contributed by atoms with Crippen LogP contribution in [0.15, 0.2) is 33.8 Å². The van der Waals surface area contributed by atoms with Crippen molar-refractivity contribution in [1.82, 2.24) is 15.8 Å². The Hall–Kier alpha value is -3.10. The Morgan fingerprint density at radius 2 is 1.93 bits per heavy atom. The van der Waals surface area contributed by atoms with Crippen LogP contribution in [0.1, 0.15) is 30.9 Å². The van der Waals surface area contributed by atoms with Crippen molar-refractivity contribution in [2.45, 2.75) is 33.2 Å². The zero-order valence-corrected chi connectivity index (χ0v) is 15.9. The van der Waals surface area contributed by atoms with E-state index in [9.17, 15) is 10.1 Å². The Kier molecular flexibility index (Phi) is 7.60. The molecule has 9 heteroatoms. The number of aryl methyl sites for hydroxylation is 2. The molecule has 0 spiro atoms. The van der Waals surface area contributed by atoms with Crippen LogP contribution in [0.3, 0.4) is 0 Å². The molecule has 2 aromatic rings. The lowest BCUT2D eigenvalue weighted by Gasteiger charge is -2.13. The van der Waals surface area contributed by atoms with E-state index < -0.39 is 4.92 Å². The highest BCUT2D eigenvalue weighted by Gasteiger charge is 2.13. The van der Waals surface area contributed by atoms with Gasteiger partial charge in [0.05, 0.1) is 10.6 Å². The van der Waals surface area contributed by atoms with Crippen molar-refractivity contribution in [1.29, 1.82) is 0 Å². The lowest BCUT2D eigenvalue weighted by molar-refractivity contribution is -0.384. The van der Waals surface area contributed by atoms with Gasteiger partial charge in [-0.25, -0.2) is 0 Å². The predicted molar refractivity (Wildman–Crippen MR) is 105 cm³/mol. The van der Waals surface area contributed by atoms with Crippen LogP contribution in [0, 0.1) is 10.1 Å². The summed E-state index contributed by atoms with van der Waals surface area (Å²) in [7, 11) is 1.72. The first-order chi connectivity index (χ1) is 13.1. The molecule has 0 aliphatic rings. The first kappa shape index (κ1) is 20.2. The number of benzene rings is 1. The molecule has 0 unspecified atom stereocenters. The van der Waals surface area contributed by atoms with Crippen molar-refractivity contribution in [3.63, 3.8) is 0 Å². The Labute approximate surface area is 158 Å². The zero-order chi connectivity index (χ0) is 19.6. The molecule has 1 heterocycles. The van der Waals surface area contributed by atoms with E-state index in [1.54, 1.807) is 19.2 Å². The van der Waals surface area contributed by atoms with Crippen molar-refractivity contribution < 1.29 is 9.45 Å². The molecule has 0 saturated carbocycles. The minimum Gasteiger partial charge on any atom is -0.383 e. The molecule has 9 nitrogen and oxygen atoms in total. The Morgan fingerprint density at radius 3 is 2.52 bits per heavy atom. The second-order valence-corrected chi connectivity index (χ2v) is 5.82. The summed E-state index contributed by atoms with van der Waals surface area (Å²) >= 11 is 0. The Morgan fingerprint density at radius 1 is 1.19 bits per heavy atom. The highest BCUT2D eigenvalue weighted by molar-refractivity contribution is 5.79. The molecule has 0 saturated heterocycles. The second kappa shape index (κ2) is 10.1. The number of hydrogen-bond donors (Lipinski definition) is 3. The van der Waals surface area contributed by atoms with Gasteiger partial charge in [0.1, 0.15) is 5.76 Å². The number of non-ortho nitro benzene ring substituents is 1. The van der Waals surface area contributed by atoms with Gasteiger partial charge in [0.25, 0.3) is 5.69 Å². The minimum atomic E-state index is -0.412. The molecule has 2 rings (SSSR count). The first-order valence-corrected chi connectivity index (χ1v) is 8.98. The van der Waals surface area contributed by atoms with E-state index in [0.29, 0.717) is 25.6 Å². The normalized spacial score (nSPS) is 11.3. The summed E-state index contributed by atoms with van der Waals surface area (Å²) in [6, 6.07) is 6.34. The van der Waals surface area contributed by atoms with Crippen LogP contribution in [0.25, 0.3) is 0 Å². The van der Waals surface area contributed by atoms with Crippen molar-refractivity contribution >= 4 is 17.3 Å². The highest BCUT2D eigenvalue weighted by Crippen LogP contribution is 2.16. The van der Waals surface area contributed by atoms with Crippen LogP contribution in [-0.2, 0) is 19.4 Å². The molecule has 146 valence electrons. The number of guanidine groups is 1. The lowest BCUT2D eigenvalue weighted by Crippen LogP contribution is -2.39. The maximum atomic E-state index is 10.7. The van der Waals surface area contributed by atoms with Crippen LogP contribution >= 0.6 is 0 Å². The van der Waals surface area contributed by atoms with Gasteiger partial charge >= 0.3 is 0 Å². The van der Waals surface area contributed by atoms with Crippen molar-refractivity contribution in [2.24, 2.45) is 4.99 Å². The largest absolute Gasteiger partial charge is 0.383 e. The summed E-state index contributed by atoms with van der Waals surface area (Å²) in [6.45, 7) is 5.98. The number of anilines is 1. The maximum absolute atomic E-state index is 10.7. The second-order valence-electron chi connectivity index (χ2n) is 5.82. The number of rotatable bonds is 9. The van der Waals surface area contributed by atoms with Crippen molar-refractivity contribution in [3.8, 4) is 0 Å². The number of aliphatic imine (C=N–C) groups is 1. The average Bonchev–Trinajstić information content (AvgIpc) is 3.09. The fourth-order valence-electron chi connectivity index (χ4n) is 2.62. The van der Waals surface area contributed by atoms with Gasteiger partial charge < -0.3 is 20.5 Å². The number of nitro groups is 1. The molecule has 0 aliphatic heterocycles. The molecule has 0 radical (unpaired) electrons. The fourth-order valence-corrected chi connectivity index (χ4v) is 2.62. The van der Waals surface area contributed by atoms with Crippen LogP contribution in [0.4, 0.5) is 11.4 Å². The topological polar surface area (TPSA) is 118 Å². The molecule has 0 amide bonds. The van der Waals surface area contributed by atoms with Crippen molar-refractivity contribution in [3.05, 3.63) is 51.4 Å². The van der Waals surface area contributed by atoms with Crippen LogP contribution in [0.2, 0.25) is 0 Å². The van der Waals surface area contributed by atoms with Gasteiger partial charge in [-0.1, -0.05) is 19.0 Å². The van der Waals surface area contributed by atoms with Gasteiger partial charge in [0, 0.05) is 56.5 Å². The summed E-state index contributed by atoms with van der Waals surface area (Å²) in [5.41, 5.74) is 2.96. The van der Waals surface area contributed by atoms with E-state index in [2.05, 4.69) is 33.0 Å². The highest BCUT2D eigenvalue weighted by atomic mass is 16.6. The van der Waals surface area contributed by atoms with Gasteiger partial charge in [-0.05, 0) is 18.6 Å². The summed E-state index contributed by atoms with van der Waals surface area (Å²) in [5, 5.41) is 24.5. The molecule has 3 N–H and O–H groups in total. The zero-order valence-electron chi connectivity index (χ0n) is 15.9. The van der Waals surface area contributed by atoms with E-state index in [1.165, 1.54) is 12.1 Å². The predicted octanol–water partition coefficient (Wildman–Crippen LogP) is 2.48. The van der Waals surface area contributed by atoms with Gasteiger partial charge in [0.15, 0.2) is 5.96 Å². The van der Waals surface area contributed by atoms with E-state index >= 15 is 0 Å². The lowest BCUT2D eigenvalue weighted by atomic mass is 10.1. The van der Waals surface area contributed by atoms with Gasteiger partial charge in [-0.3, -0.25) is 15.1 Å². The number of nitrogens with one attached hydrogen (secondary N) is 3. The third-order valence-corrected chi connectivity index (χ3v) is 4.09. The monoisotopic (exact) mass is 374 g/mol. The van der Waals surface area contributed by atoms with E-state index in [4.69, 9.17) is 4.52 Å². The molecule has 0 fully saturated rings. The van der Waals surface area contributed by atoms with Gasteiger partial charge in [0.2, 0.25) is 0 Å². The molecule has 0 aliphatic carbocycles. The average molecular weight is 374 g/mol. The fraction of sp³-hybridized carbons (Fsp3) is 0.444. The Balaban J connectivity index is 1.77. The quantitative estimate of drug-likeness (QED) is 0.203. The van der Waals surface area contributed by atoms with Gasteiger partial charge in [-0.15, -0.1) is 0 Å². The molecule has 0 bridgehead atoms. The standard InChI is InChI=1S/C18H26N6O3/c1-4-16-15(17(5-2)27-23-16)12-22-18(19-3)21-11-10-20-13-6-8-14(9-7-13)24(25)26/h6-9,20H,4-5,10-12H2,1-3H3,(H2,19,21,22). The van der Waals surface area contributed by atoms with Crippen molar-refractivity contribution in [2.75, 3.05) is 25.5 Å². The van der Waals surface area contributed by atoms with E-state index in [-0.39, 0.29) is 5.69 Å². The van der Waals surface area contributed by atoms with Crippen LogP contribution in [0.5, 0.6) is 0 Å². The van der Waals surface area contributed by atoms with Gasteiger partial charge in [-0.2, -0.15) is 0 Å². The van der Waals surface area contributed by atoms with E-state index in [1.807, 2.05) is 6.92 Å². The summed E-state index contributed by atoms with van der Waals surface area (Å²) < 4.78 is 5.37. The number of aromatic nitrogens is 1. The number of hydrogen-bond acceptors (Lipinski definition) is 6. The third-order valence-electron chi connectivity index (χ3n) is 4.09. The third kappa shape index (κ3) is 5.70. The molecular formula is C18H26N6O3. The van der Waals surface area contributed by atoms with E-state index in [0.717, 1.165) is 35.5 Å². The molecule has 27 heavy (non-hydrogen) atoms. The molecule has 1 aromatic heterocycles. The van der Waals surface area contributed by atoms with Crippen LogP contribution in [-0.4, -0.2) is 36.2 Å². The molecule has 0 atom stereocenters. The Bertz CT molecular complexity index is 748. The summed E-state index contributed by atoms with van der Waals surface area (Å²) in [6.07, 6.45) is 1.63. The molecular weight excluding hydrogens is 348 g/mol. The smallest absolute Gasteiger partial charge is 0.269 e. The molecule has 1 aromatic carbocycles. The number of nitrogens with zero attached hydrogens (tertiary/aromatic N) is 3. The number of nitro benzene ring substituents is 1.